The molecular formula is C15H20ClN3. The highest BCUT2D eigenvalue weighted by atomic mass is 35.5. The van der Waals surface area contributed by atoms with Crippen LogP contribution in [-0.4, -0.2) is 16.1 Å². The highest BCUT2D eigenvalue weighted by Crippen LogP contribution is 2.17. The predicted molar refractivity (Wildman–Crippen MR) is 79.4 cm³/mol. The third-order valence-corrected chi connectivity index (χ3v) is 3.78. The van der Waals surface area contributed by atoms with Gasteiger partial charge in [-0.25, -0.2) is 4.98 Å². The van der Waals surface area contributed by atoms with Crippen LogP contribution in [-0.2, 0) is 13.6 Å². The van der Waals surface area contributed by atoms with Crippen molar-refractivity contribution < 1.29 is 0 Å². The zero-order valence-electron chi connectivity index (χ0n) is 11.4. The zero-order valence-corrected chi connectivity index (χ0v) is 12.2. The number of hydrogen-bond donors (Lipinski definition) is 1. The molecule has 0 saturated carbocycles. The fourth-order valence-corrected chi connectivity index (χ4v) is 2.20. The number of aromatic nitrogens is 2. The van der Waals surface area contributed by atoms with Gasteiger partial charge in [0.25, 0.3) is 0 Å². The van der Waals surface area contributed by atoms with Crippen molar-refractivity contribution in [3.8, 4) is 0 Å². The molecule has 102 valence electrons. The van der Waals surface area contributed by atoms with Crippen LogP contribution in [0.15, 0.2) is 36.5 Å². The van der Waals surface area contributed by atoms with Crippen LogP contribution in [0, 0.1) is 0 Å². The van der Waals surface area contributed by atoms with E-state index in [1.54, 1.807) is 6.20 Å². The normalized spacial score (nSPS) is 12.6. The summed E-state index contributed by atoms with van der Waals surface area (Å²) in [5.41, 5.74) is 1.39. The van der Waals surface area contributed by atoms with Gasteiger partial charge in [-0.2, -0.15) is 0 Å². The minimum absolute atomic E-state index is 0.568. The van der Waals surface area contributed by atoms with Gasteiger partial charge in [0.2, 0.25) is 0 Å². The van der Waals surface area contributed by atoms with Crippen LogP contribution in [0.5, 0.6) is 0 Å². The lowest BCUT2D eigenvalue weighted by molar-refractivity contribution is 0.575. The summed E-state index contributed by atoms with van der Waals surface area (Å²) in [6.07, 6.45) is 2.80. The SMILES string of the molecule is CC(CCNCc1ncc(Cl)n1C)c1ccccc1. The summed E-state index contributed by atoms with van der Waals surface area (Å²) in [6, 6.07) is 10.6. The number of rotatable bonds is 6. The molecule has 0 aliphatic rings. The minimum Gasteiger partial charge on any atom is -0.321 e. The molecule has 0 spiro atoms. The Balaban J connectivity index is 1.74. The van der Waals surface area contributed by atoms with Crippen LogP contribution in [0.4, 0.5) is 0 Å². The fourth-order valence-electron chi connectivity index (χ4n) is 2.06. The van der Waals surface area contributed by atoms with Gasteiger partial charge in [0.05, 0.1) is 12.7 Å². The van der Waals surface area contributed by atoms with Crippen LogP contribution in [0.3, 0.4) is 0 Å². The maximum absolute atomic E-state index is 5.95. The second kappa shape index (κ2) is 6.73. The van der Waals surface area contributed by atoms with E-state index in [1.807, 2.05) is 11.6 Å². The maximum Gasteiger partial charge on any atom is 0.128 e. The second-order valence-corrected chi connectivity index (χ2v) is 5.22. The lowest BCUT2D eigenvalue weighted by Gasteiger charge is -2.12. The molecule has 1 unspecified atom stereocenters. The van der Waals surface area contributed by atoms with Gasteiger partial charge in [0.15, 0.2) is 0 Å². The van der Waals surface area contributed by atoms with Crippen molar-refractivity contribution >= 4 is 11.6 Å². The molecule has 0 aliphatic carbocycles. The quantitative estimate of drug-likeness (QED) is 0.821. The molecule has 19 heavy (non-hydrogen) atoms. The van der Waals surface area contributed by atoms with E-state index in [4.69, 9.17) is 11.6 Å². The van der Waals surface area contributed by atoms with Crippen molar-refractivity contribution in [2.45, 2.75) is 25.8 Å². The summed E-state index contributed by atoms with van der Waals surface area (Å²) in [7, 11) is 1.93. The molecule has 1 aromatic heterocycles. The molecule has 2 rings (SSSR count). The number of imidazole rings is 1. The smallest absolute Gasteiger partial charge is 0.128 e. The van der Waals surface area contributed by atoms with Gasteiger partial charge < -0.3 is 9.88 Å². The summed E-state index contributed by atoms with van der Waals surface area (Å²) in [4.78, 5) is 4.26. The van der Waals surface area contributed by atoms with E-state index >= 15 is 0 Å². The number of nitrogens with zero attached hydrogens (tertiary/aromatic N) is 2. The first-order valence-electron chi connectivity index (χ1n) is 6.60. The topological polar surface area (TPSA) is 29.9 Å². The summed E-state index contributed by atoms with van der Waals surface area (Å²) < 4.78 is 1.90. The van der Waals surface area contributed by atoms with Gasteiger partial charge in [0.1, 0.15) is 11.0 Å². The molecule has 0 aliphatic heterocycles. The molecule has 1 aromatic carbocycles. The van der Waals surface area contributed by atoms with Crippen LogP contribution in [0.1, 0.15) is 30.7 Å². The van der Waals surface area contributed by atoms with Crippen molar-refractivity contribution in [1.82, 2.24) is 14.9 Å². The molecule has 0 saturated heterocycles. The monoisotopic (exact) mass is 277 g/mol. The highest BCUT2D eigenvalue weighted by molar-refractivity contribution is 6.29. The molecule has 0 bridgehead atoms. The summed E-state index contributed by atoms with van der Waals surface area (Å²) in [5, 5.41) is 4.09. The van der Waals surface area contributed by atoms with Crippen LogP contribution in [0.25, 0.3) is 0 Å². The Bertz CT molecular complexity index is 507. The molecule has 0 amide bonds. The second-order valence-electron chi connectivity index (χ2n) is 4.83. The third-order valence-electron chi connectivity index (χ3n) is 3.43. The Morgan fingerprint density at radius 3 is 2.68 bits per heavy atom. The predicted octanol–water partition coefficient (Wildman–Crippen LogP) is 3.36. The Labute approximate surface area is 119 Å². The van der Waals surface area contributed by atoms with E-state index in [1.165, 1.54) is 5.56 Å². The van der Waals surface area contributed by atoms with Gasteiger partial charge in [-0.1, -0.05) is 48.9 Å². The van der Waals surface area contributed by atoms with E-state index < -0.39 is 0 Å². The first kappa shape index (κ1) is 14.1. The number of benzene rings is 1. The first-order chi connectivity index (χ1) is 9.18. The Morgan fingerprint density at radius 2 is 2.05 bits per heavy atom. The van der Waals surface area contributed by atoms with Crippen LogP contribution in [0.2, 0.25) is 5.15 Å². The van der Waals surface area contributed by atoms with Gasteiger partial charge in [-0.05, 0) is 24.4 Å². The molecule has 1 heterocycles. The zero-order chi connectivity index (χ0) is 13.7. The largest absolute Gasteiger partial charge is 0.321 e. The molecule has 3 nitrogen and oxygen atoms in total. The molecule has 1 N–H and O–H groups in total. The standard InChI is InChI=1S/C15H20ClN3/c1-12(13-6-4-3-5-7-13)8-9-17-11-15-18-10-14(16)19(15)2/h3-7,10,12,17H,8-9,11H2,1-2H3. The highest BCUT2D eigenvalue weighted by Gasteiger charge is 2.06. The molecular weight excluding hydrogens is 258 g/mol. The number of hydrogen-bond acceptors (Lipinski definition) is 2. The lowest BCUT2D eigenvalue weighted by Crippen LogP contribution is -2.18. The number of halogens is 1. The number of nitrogens with one attached hydrogen (secondary N) is 1. The Kier molecular flexibility index (Phi) is 5.00. The van der Waals surface area contributed by atoms with E-state index in [2.05, 4.69) is 47.6 Å². The Hall–Kier alpha value is -1.32. The van der Waals surface area contributed by atoms with E-state index in [0.717, 1.165) is 25.3 Å². The summed E-state index contributed by atoms with van der Waals surface area (Å²) >= 11 is 5.95. The van der Waals surface area contributed by atoms with Crippen molar-refractivity contribution in [3.05, 3.63) is 53.1 Å². The molecule has 2 aromatic rings. The summed E-state index contributed by atoms with van der Waals surface area (Å²) in [5.74, 6) is 1.54. The molecule has 0 fully saturated rings. The van der Waals surface area contributed by atoms with E-state index in [9.17, 15) is 0 Å². The average Bonchev–Trinajstić information content (AvgIpc) is 2.76. The Morgan fingerprint density at radius 1 is 1.32 bits per heavy atom. The van der Waals surface area contributed by atoms with Crippen LogP contribution >= 0.6 is 11.6 Å². The van der Waals surface area contributed by atoms with Gasteiger partial charge >= 0.3 is 0 Å². The van der Waals surface area contributed by atoms with Crippen molar-refractivity contribution in [3.63, 3.8) is 0 Å². The minimum atomic E-state index is 0.568. The maximum atomic E-state index is 5.95. The van der Waals surface area contributed by atoms with Gasteiger partial charge in [0, 0.05) is 7.05 Å². The van der Waals surface area contributed by atoms with Crippen molar-refractivity contribution in [1.29, 1.82) is 0 Å². The molecule has 1 atom stereocenters. The van der Waals surface area contributed by atoms with Gasteiger partial charge in [-0.15, -0.1) is 0 Å². The lowest BCUT2D eigenvalue weighted by atomic mass is 9.98. The van der Waals surface area contributed by atoms with E-state index in [-0.39, 0.29) is 0 Å². The first-order valence-corrected chi connectivity index (χ1v) is 6.98. The van der Waals surface area contributed by atoms with Crippen molar-refractivity contribution in [2.24, 2.45) is 7.05 Å². The third kappa shape index (κ3) is 3.82. The fraction of sp³-hybridized carbons (Fsp3) is 0.400. The average molecular weight is 278 g/mol. The van der Waals surface area contributed by atoms with Crippen LogP contribution < -0.4 is 5.32 Å². The van der Waals surface area contributed by atoms with Gasteiger partial charge in [-0.3, -0.25) is 0 Å². The summed E-state index contributed by atoms with van der Waals surface area (Å²) in [6.45, 7) is 3.99. The van der Waals surface area contributed by atoms with Crippen molar-refractivity contribution in [2.75, 3.05) is 6.54 Å². The molecule has 0 radical (unpaired) electrons. The van der Waals surface area contributed by atoms with E-state index in [0.29, 0.717) is 11.1 Å². The molecule has 4 heteroatoms.